The monoisotopic (exact) mass is 302 g/mol. The molecule has 2 nitrogen and oxygen atoms in total. The van der Waals surface area contributed by atoms with Crippen molar-refractivity contribution in [1.82, 2.24) is 0 Å². The van der Waals surface area contributed by atoms with Gasteiger partial charge in [0.05, 0.1) is 0 Å². The van der Waals surface area contributed by atoms with Crippen molar-refractivity contribution in [1.29, 1.82) is 0 Å². The lowest BCUT2D eigenvalue weighted by atomic mass is 10.1. The van der Waals surface area contributed by atoms with Crippen molar-refractivity contribution in [3.63, 3.8) is 0 Å². The van der Waals surface area contributed by atoms with Crippen molar-refractivity contribution in [2.75, 3.05) is 0 Å². The van der Waals surface area contributed by atoms with Crippen molar-refractivity contribution >= 4 is 11.6 Å². The Balaban J connectivity index is 2.41. The summed E-state index contributed by atoms with van der Waals surface area (Å²) in [6, 6.07) is 11.6. The van der Waals surface area contributed by atoms with Crippen LogP contribution in [0.5, 0.6) is 5.75 Å². The van der Waals surface area contributed by atoms with Gasteiger partial charge in [0.25, 0.3) is 0 Å². The molecule has 0 heterocycles. The highest BCUT2D eigenvalue weighted by Crippen LogP contribution is 2.41. The van der Waals surface area contributed by atoms with Gasteiger partial charge >= 0.3 is 12.0 Å². The molecule has 2 aromatic carbocycles. The summed E-state index contributed by atoms with van der Waals surface area (Å²) >= 11 is 5.64. The van der Waals surface area contributed by atoms with E-state index in [9.17, 15) is 13.2 Å². The van der Waals surface area contributed by atoms with Crippen molar-refractivity contribution < 1.29 is 23.0 Å². The molecule has 0 aromatic heterocycles. The molecular weight excluding hydrogens is 293 g/mol. The van der Waals surface area contributed by atoms with Gasteiger partial charge in [0.1, 0.15) is 5.75 Å². The van der Waals surface area contributed by atoms with Crippen molar-refractivity contribution in [2.45, 2.75) is 12.0 Å². The third-order valence-corrected chi connectivity index (χ3v) is 2.86. The van der Waals surface area contributed by atoms with E-state index in [2.05, 4.69) is 4.74 Å². The fraction of sp³-hybridized carbons (Fsp3) is 0.143. The van der Waals surface area contributed by atoms with Crippen LogP contribution in [0.1, 0.15) is 5.56 Å². The molecule has 0 radical (unpaired) electrons. The van der Waals surface area contributed by atoms with Gasteiger partial charge in [-0.3, -0.25) is 0 Å². The van der Waals surface area contributed by atoms with Gasteiger partial charge in [-0.2, -0.15) is 13.2 Å². The molecule has 0 saturated carbocycles. The van der Waals surface area contributed by atoms with Gasteiger partial charge in [0.15, 0.2) is 0 Å². The first kappa shape index (κ1) is 14.7. The van der Waals surface area contributed by atoms with Gasteiger partial charge in [-0.25, -0.2) is 0 Å². The lowest BCUT2D eigenvalue weighted by Gasteiger charge is -2.30. The minimum Gasteiger partial charge on any atom is -0.447 e. The highest BCUT2D eigenvalue weighted by atomic mass is 35.5. The Morgan fingerprint density at radius 1 is 0.900 bits per heavy atom. The van der Waals surface area contributed by atoms with E-state index in [1.54, 1.807) is 0 Å². The number of benzene rings is 2. The number of hydrogen-bond donors (Lipinski definition) is 1. The van der Waals surface area contributed by atoms with Crippen LogP contribution >= 0.6 is 11.6 Å². The Labute approximate surface area is 118 Å². The topological polar surface area (TPSA) is 29.5 Å². The summed E-state index contributed by atoms with van der Waals surface area (Å²) in [5.74, 6) is -3.88. The van der Waals surface area contributed by atoms with Crippen LogP contribution < -0.4 is 4.74 Å². The summed E-state index contributed by atoms with van der Waals surface area (Å²) in [7, 11) is 0. The van der Waals surface area contributed by atoms with Gasteiger partial charge < -0.3 is 9.84 Å². The van der Waals surface area contributed by atoms with E-state index in [0.717, 1.165) is 12.1 Å². The zero-order valence-corrected chi connectivity index (χ0v) is 10.8. The normalized spacial score (nSPS) is 14.7. The quantitative estimate of drug-likeness (QED) is 0.920. The van der Waals surface area contributed by atoms with E-state index < -0.39 is 17.5 Å². The van der Waals surface area contributed by atoms with Crippen LogP contribution in [0, 0.1) is 0 Å². The Hall–Kier alpha value is -1.72. The molecule has 0 saturated heterocycles. The first-order valence-corrected chi connectivity index (χ1v) is 6.00. The molecule has 1 unspecified atom stereocenters. The summed E-state index contributed by atoms with van der Waals surface area (Å²) in [5.41, 5.74) is -0.498. The average molecular weight is 303 g/mol. The third kappa shape index (κ3) is 2.89. The predicted molar refractivity (Wildman–Crippen MR) is 68.5 cm³/mol. The van der Waals surface area contributed by atoms with E-state index in [4.69, 9.17) is 16.7 Å². The molecule has 0 aliphatic heterocycles. The first-order chi connectivity index (χ1) is 9.33. The van der Waals surface area contributed by atoms with Gasteiger partial charge in [-0.15, -0.1) is 0 Å². The second kappa shape index (κ2) is 5.34. The minimum atomic E-state index is -4.71. The lowest BCUT2D eigenvalue weighted by Crippen LogP contribution is -2.46. The fourth-order valence-corrected chi connectivity index (χ4v) is 1.74. The summed E-state index contributed by atoms with van der Waals surface area (Å²) in [4.78, 5) is 0. The van der Waals surface area contributed by atoms with Crippen LogP contribution in [0.4, 0.5) is 13.2 Å². The van der Waals surface area contributed by atoms with Crippen LogP contribution in [-0.4, -0.2) is 11.2 Å². The molecule has 20 heavy (non-hydrogen) atoms. The standard InChI is InChI=1S/C14H10ClF3O2/c15-11-6-8-12(9-7-11)20-13(16,14(17,18)19)10-4-2-1-3-5-10/h1-9,19H. The minimum absolute atomic E-state index is 0.186. The fourth-order valence-electron chi connectivity index (χ4n) is 1.61. The molecule has 0 fully saturated rings. The zero-order chi connectivity index (χ0) is 14.8. The molecular formula is C14H10ClF3O2. The molecule has 0 amide bonds. The maximum absolute atomic E-state index is 14.6. The maximum atomic E-state index is 14.6. The number of halogens is 4. The largest absolute Gasteiger partial charge is 0.447 e. The van der Waals surface area contributed by atoms with E-state index in [-0.39, 0.29) is 5.75 Å². The summed E-state index contributed by atoms with van der Waals surface area (Å²) in [5, 5.41) is 9.19. The van der Waals surface area contributed by atoms with E-state index >= 15 is 0 Å². The van der Waals surface area contributed by atoms with Crippen LogP contribution in [0.25, 0.3) is 0 Å². The first-order valence-electron chi connectivity index (χ1n) is 5.62. The van der Waals surface area contributed by atoms with Crippen LogP contribution in [0.3, 0.4) is 0 Å². The molecule has 0 bridgehead atoms. The average Bonchev–Trinajstić information content (AvgIpc) is 2.41. The van der Waals surface area contributed by atoms with Gasteiger partial charge in [-0.1, -0.05) is 41.9 Å². The second-order valence-electron chi connectivity index (χ2n) is 4.06. The third-order valence-electron chi connectivity index (χ3n) is 2.60. The Kier molecular flexibility index (Phi) is 3.92. The maximum Gasteiger partial charge on any atom is 0.428 e. The molecule has 0 aliphatic rings. The lowest BCUT2D eigenvalue weighted by molar-refractivity contribution is -0.349. The van der Waals surface area contributed by atoms with Crippen LogP contribution in [0.2, 0.25) is 5.02 Å². The molecule has 6 heteroatoms. The molecule has 1 N–H and O–H groups in total. The summed E-state index contributed by atoms with van der Waals surface area (Å²) < 4.78 is 45.7. The second-order valence-corrected chi connectivity index (χ2v) is 4.49. The van der Waals surface area contributed by atoms with Gasteiger partial charge in [0, 0.05) is 10.6 Å². The summed E-state index contributed by atoms with van der Waals surface area (Å²) in [6.07, 6.45) is -4.71. The summed E-state index contributed by atoms with van der Waals surface area (Å²) in [6.45, 7) is 0. The van der Waals surface area contributed by atoms with Gasteiger partial charge in [0.2, 0.25) is 0 Å². The highest BCUT2D eigenvalue weighted by molar-refractivity contribution is 6.30. The van der Waals surface area contributed by atoms with Crippen LogP contribution in [-0.2, 0) is 5.85 Å². The molecule has 2 aromatic rings. The molecule has 0 spiro atoms. The number of alkyl halides is 3. The molecule has 0 aliphatic carbocycles. The van der Waals surface area contributed by atoms with Crippen molar-refractivity contribution in [2.24, 2.45) is 0 Å². The Bertz CT molecular complexity index is 569. The van der Waals surface area contributed by atoms with Crippen molar-refractivity contribution in [3.8, 4) is 5.75 Å². The van der Waals surface area contributed by atoms with E-state index in [0.29, 0.717) is 5.02 Å². The predicted octanol–water partition coefficient (Wildman–Crippen LogP) is 4.13. The Morgan fingerprint density at radius 3 is 1.95 bits per heavy atom. The number of hydrogen-bond acceptors (Lipinski definition) is 2. The van der Waals surface area contributed by atoms with E-state index in [1.807, 2.05) is 0 Å². The highest BCUT2D eigenvalue weighted by Gasteiger charge is 2.58. The van der Waals surface area contributed by atoms with Crippen molar-refractivity contribution in [3.05, 3.63) is 65.2 Å². The smallest absolute Gasteiger partial charge is 0.428 e. The molecule has 2 rings (SSSR count). The number of aliphatic hydroxyl groups is 1. The Morgan fingerprint density at radius 2 is 1.45 bits per heavy atom. The number of ether oxygens (including phenoxy) is 1. The number of rotatable bonds is 4. The molecule has 106 valence electrons. The van der Waals surface area contributed by atoms with Gasteiger partial charge in [-0.05, 0) is 24.3 Å². The van der Waals surface area contributed by atoms with E-state index in [1.165, 1.54) is 42.5 Å². The van der Waals surface area contributed by atoms with Crippen LogP contribution in [0.15, 0.2) is 54.6 Å². The SMILES string of the molecule is OC(F)(F)C(F)(Oc1ccc(Cl)cc1)c1ccccc1. The molecule has 1 atom stereocenters. The zero-order valence-electron chi connectivity index (χ0n) is 10.1.